The molecular formula is C19H18BrFN2O5. The van der Waals surface area contributed by atoms with Crippen molar-refractivity contribution < 1.29 is 28.2 Å². The number of amides is 1. The van der Waals surface area contributed by atoms with Gasteiger partial charge in [0.05, 0.1) is 0 Å². The highest BCUT2D eigenvalue weighted by Crippen LogP contribution is 2.21. The minimum Gasteiger partial charge on any atom is -0.479 e. The Labute approximate surface area is 168 Å². The molecule has 7 nitrogen and oxygen atoms in total. The van der Waals surface area contributed by atoms with Crippen LogP contribution in [0, 0.1) is 5.82 Å². The summed E-state index contributed by atoms with van der Waals surface area (Å²) < 4.78 is 24.1. The van der Waals surface area contributed by atoms with E-state index in [9.17, 15) is 18.8 Å². The summed E-state index contributed by atoms with van der Waals surface area (Å²) in [6.07, 6.45) is 3.36. The van der Waals surface area contributed by atoms with Crippen LogP contribution >= 0.6 is 15.9 Å². The third-order valence-corrected chi connectivity index (χ3v) is 4.73. The second kappa shape index (κ2) is 9.01. The second-order valence-electron chi connectivity index (χ2n) is 6.25. The van der Waals surface area contributed by atoms with E-state index in [1.807, 2.05) is 0 Å². The van der Waals surface area contributed by atoms with Crippen LogP contribution in [0.5, 0.6) is 5.75 Å². The number of Topliss-reactive ketones (excluding diaryl/α,β-unsaturated/α-hetero) is 1. The summed E-state index contributed by atoms with van der Waals surface area (Å²) in [7, 11) is 0. The normalized spacial score (nSPS) is 13.4. The van der Waals surface area contributed by atoms with Crippen molar-refractivity contribution in [1.29, 1.82) is 0 Å². The van der Waals surface area contributed by atoms with E-state index in [0.29, 0.717) is 23.3 Å². The smallest absolute Gasteiger partial charge is 0.344 e. The lowest BCUT2D eigenvalue weighted by Gasteiger charge is -2.13. The van der Waals surface area contributed by atoms with E-state index in [1.54, 1.807) is 11.0 Å². The van der Waals surface area contributed by atoms with Crippen molar-refractivity contribution in [2.45, 2.75) is 12.8 Å². The van der Waals surface area contributed by atoms with Gasteiger partial charge in [-0.15, -0.1) is 0 Å². The van der Waals surface area contributed by atoms with Crippen molar-refractivity contribution in [3.05, 3.63) is 52.0 Å². The fraction of sp³-hybridized carbons (Fsp3) is 0.316. The summed E-state index contributed by atoms with van der Waals surface area (Å²) in [4.78, 5) is 40.6. The Morgan fingerprint density at radius 1 is 1.14 bits per heavy atom. The summed E-state index contributed by atoms with van der Waals surface area (Å²) in [6.45, 7) is 0.382. The monoisotopic (exact) mass is 452 g/mol. The fourth-order valence-electron chi connectivity index (χ4n) is 2.77. The zero-order valence-corrected chi connectivity index (χ0v) is 16.5. The lowest BCUT2D eigenvalue weighted by Crippen LogP contribution is -2.27. The van der Waals surface area contributed by atoms with Gasteiger partial charge < -0.3 is 19.4 Å². The van der Waals surface area contributed by atoms with Gasteiger partial charge in [0.15, 0.2) is 24.8 Å². The number of aromatic nitrogens is 1. The molecule has 1 aromatic heterocycles. The summed E-state index contributed by atoms with van der Waals surface area (Å²) >= 11 is 3.12. The number of likely N-dealkylation sites (tertiary alicyclic amines) is 1. The van der Waals surface area contributed by atoms with Crippen molar-refractivity contribution in [2.24, 2.45) is 0 Å². The Balaban J connectivity index is 1.47. The van der Waals surface area contributed by atoms with Gasteiger partial charge in [-0.05, 0) is 37.1 Å². The minimum absolute atomic E-state index is 0.0952. The van der Waals surface area contributed by atoms with Gasteiger partial charge in [-0.2, -0.15) is 0 Å². The highest BCUT2D eigenvalue weighted by Gasteiger charge is 2.22. The number of esters is 1. The quantitative estimate of drug-likeness (QED) is 0.515. The maximum Gasteiger partial charge on any atom is 0.344 e. The van der Waals surface area contributed by atoms with Crippen LogP contribution in [-0.4, -0.2) is 53.8 Å². The molecule has 0 unspecified atom stereocenters. The average Bonchev–Trinajstić information content (AvgIpc) is 3.36. The van der Waals surface area contributed by atoms with E-state index >= 15 is 0 Å². The largest absolute Gasteiger partial charge is 0.479 e. The molecule has 3 rings (SSSR count). The highest BCUT2D eigenvalue weighted by molar-refractivity contribution is 9.10. The summed E-state index contributed by atoms with van der Waals surface area (Å²) in [5.41, 5.74) is 0.570. The molecule has 1 aliphatic rings. The van der Waals surface area contributed by atoms with Gasteiger partial charge in [-0.25, -0.2) is 9.18 Å². The molecule has 1 aliphatic heterocycles. The van der Waals surface area contributed by atoms with Crippen LogP contribution in [0.4, 0.5) is 4.39 Å². The average molecular weight is 453 g/mol. The van der Waals surface area contributed by atoms with Crippen LogP contribution in [0.15, 0.2) is 34.9 Å². The molecule has 1 aromatic carbocycles. The van der Waals surface area contributed by atoms with Crippen molar-refractivity contribution in [3.8, 4) is 5.75 Å². The molecule has 0 radical (unpaired) electrons. The van der Waals surface area contributed by atoms with E-state index in [-0.39, 0.29) is 17.2 Å². The standard InChI is InChI=1S/C19H18BrFN2O5/c20-13-3-4-17(14(21)8-13)27-11-18(25)28-10-16(24)12-7-15(22-9-12)19(26)23-5-1-2-6-23/h3-4,7-9,22H,1-2,5-6,10-11H2. The molecule has 1 saturated heterocycles. The van der Waals surface area contributed by atoms with Gasteiger partial charge in [0.25, 0.3) is 5.91 Å². The molecule has 0 aliphatic carbocycles. The van der Waals surface area contributed by atoms with Gasteiger partial charge in [0.2, 0.25) is 5.78 Å². The van der Waals surface area contributed by atoms with Crippen molar-refractivity contribution in [1.82, 2.24) is 9.88 Å². The summed E-state index contributed by atoms with van der Waals surface area (Å²) in [5.74, 6) is -2.14. The van der Waals surface area contributed by atoms with Crippen LogP contribution in [0.25, 0.3) is 0 Å². The lowest BCUT2D eigenvalue weighted by atomic mass is 10.2. The number of H-pyrrole nitrogens is 1. The first-order valence-corrected chi connectivity index (χ1v) is 9.47. The number of carbonyl (C=O) groups is 3. The van der Waals surface area contributed by atoms with Crippen molar-refractivity contribution in [2.75, 3.05) is 26.3 Å². The summed E-state index contributed by atoms with van der Waals surface area (Å²) in [6, 6.07) is 5.60. The van der Waals surface area contributed by atoms with E-state index in [4.69, 9.17) is 9.47 Å². The molecule has 2 heterocycles. The van der Waals surface area contributed by atoms with E-state index in [1.165, 1.54) is 24.4 Å². The van der Waals surface area contributed by atoms with Crippen LogP contribution in [-0.2, 0) is 9.53 Å². The minimum atomic E-state index is -0.806. The molecule has 0 saturated carbocycles. The molecule has 0 bridgehead atoms. The van der Waals surface area contributed by atoms with Crippen molar-refractivity contribution >= 4 is 33.6 Å². The number of hydrogen-bond acceptors (Lipinski definition) is 5. The van der Waals surface area contributed by atoms with Crippen LogP contribution in [0.1, 0.15) is 33.7 Å². The van der Waals surface area contributed by atoms with Crippen LogP contribution < -0.4 is 4.74 Å². The van der Waals surface area contributed by atoms with Crippen molar-refractivity contribution in [3.63, 3.8) is 0 Å². The first-order valence-electron chi connectivity index (χ1n) is 8.68. The zero-order chi connectivity index (χ0) is 20.1. The highest BCUT2D eigenvalue weighted by atomic mass is 79.9. The van der Waals surface area contributed by atoms with Gasteiger partial charge in [-0.1, -0.05) is 15.9 Å². The maximum absolute atomic E-state index is 13.6. The van der Waals surface area contributed by atoms with E-state index in [2.05, 4.69) is 20.9 Å². The number of ether oxygens (including phenoxy) is 2. The molecule has 9 heteroatoms. The number of carbonyl (C=O) groups excluding carboxylic acids is 3. The van der Waals surface area contributed by atoms with Gasteiger partial charge in [0.1, 0.15) is 5.69 Å². The lowest BCUT2D eigenvalue weighted by molar-refractivity contribution is -0.144. The number of nitrogens with one attached hydrogen (secondary N) is 1. The number of nitrogens with zero attached hydrogens (tertiary/aromatic N) is 1. The fourth-order valence-corrected chi connectivity index (χ4v) is 3.10. The second-order valence-corrected chi connectivity index (χ2v) is 7.16. The predicted octanol–water partition coefficient (Wildman–Crippen LogP) is 2.96. The Morgan fingerprint density at radius 3 is 2.61 bits per heavy atom. The first-order chi connectivity index (χ1) is 13.4. The Bertz CT molecular complexity index is 892. The molecule has 1 fully saturated rings. The molecule has 2 aromatic rings. The van der Waals surface area contributed by atoms with E-state index in [0.717, 1.165) is 12.8 Å². The third kappa shape index (κ3) is 4.98. The Hall–Kier alpha value is -2.68. The van der Waals surface area contributed by atoms with Gasteiger partial charge in [0, 0.05) is 29.3 Å². The first kappa shape index (κ1) is 20.1. The van der Waals surface area contributed by atoms with Crippen LogP contribution in [0.2, 0.25) is 0 Å². The molecule has 0 atom stereocenters. The maximum atomic E-state index is 13.6. The topological polar surface area (TPSA) is 88.7 Å². The molecule has 1 amide bonds. The number of benzene rings is 1. The Kier molecular flexibility index (Phi) is 6.45. The van der Waals surface area contributed by atoms with Gasteiger partial charge in [-0.3, -0.25) is 9.59 Å². The number of aromatic amines is 1. The number of ketones is 1. The van der Waals surface area contributed by atoms with Crippen LogP contribution in [0.3, 0.4) is 0 Å². The molecule has 1 N–H and O–H groups in total. The molecule has 28 heavy (non-hydrogen) atoms. The van der Waals surface area contributed by atoms with Gasteiger partial charge >= 0.3 is 5.97 Å². The SMILES string of the molecule is O=C(COc1ccc(Br)cc1F)OCC(=O)c1c[nH]c(C(=O)N2CCCC2)c1. The molecule has 148 valence electrons. The zero-order valence-electron chi connectivity index (χ0n) is 14.9. The number of halogens is 2. The number of rotatable bonds is 7. The van der Waals surface area contributed by atoms with E-state index < -0.39 is 30.8 Å². The third-order valence-electron chi connectivity index (χ3n) is 4.23. The number of hydrogen-bond donors (Lipinski definition) is 1. The summed E-state index contributed by atoms with van der Waals surface area (Å²) in [5, 5.41) is 0. The molecular weight excluding hydrogens is 435 g/mol. The molecule has 0 spiro atoms. The predicted molar refractivity (Wildman–Crippen MR) is 101 cm³/mol. The Morgan fingerprint density at radius 2 is 1.89 bits per heavy atom.